The van der Waals surface area contributed by atoms with E-state index in [1.54, 1.807) is 30.3 Å². The van der Waals surface area contributed by atoms with Crippen LogP contribution in [0.15, 0.2) is 47.5 Å². The zero-order chi connectivity index (χ0) is 22.0. The van der Waals surface area contributed by atoms with Crippen molar-refractivity contribution in [2.24, 2.45) is 4.99 Å². The van der Waals surface area contributed by atoms with E-state index in [1.807, 2.05) is 23.6 Å². The second-order valence-corrected chi connectivity index (χ2v) is 8.38. The number of carbonyl (C=O) groups excluding carboxylic acids is 3. The van der Waals surface area contributed by atoms with Crippen LogP contribution in [0.4, 0.5) is 5.69 Å². The first-order valence-electron chi connectivity index (χ1n) is 9.89. The molecule has 0 atom stereocenters. The Kier molecular flexibility index (Phi) is 6.31. The maximum absolute atomic E-state index is 12.8. The minimum absolute atomic E-state index is 0.215. The van der Waals surface area contributed by atoms with Crippen LogP contribution in [0.25, 0.3) is 10.2 Å². The third-order valence-electron chi connectivity index (χ3n) is 4.93. The van der Waals surface area contributed by atoms with Gasteiger partial charge >= 0.3 is 0 Å². The van der Waals surface area contributed by atoms with Gasteiger partial charge in [0.05, 0.1) is 22.5 Å². The summed E-state index contributed by atoms with van der Waals surface area (Å²) in [6.07, 6.45) is 0.430. The summed E-state index contributed by atoms with van der Waals surface area (Å²) in [6, 6.07) is 11.9. The molecule has 0 aliphatic carbocycles. The molecule has 3 aromatic rings. The number of amides is 3. The van der Waals surface area contributed by atoms with Gasteiger partial charge in [0.2, 0.25) is 11.8 Å². The third-order valence-corrected chi connectivity index (χ3v) is 6.21. The first-order valence-corrected chi connectivity index (χ1v) is 11.1. The number of hydrogen-bond acceptors (Lipinski definition) is 5. The molecule has 1 saturated heterocycles. The number of rotatable bonds is 6. The summed E-state index contributed by atoms with van der Waals surface area (Å²) in [5.41, 5.74) is 1.77. The number of carbonyl (C=O) groups is 3. The fourth-order valence-electron chi connectivity index (χ4n) is 3.42. The van der Waals surface area contributed by atoms with Gasteiger partial charge in [-0.25, -0.2) is 0 Å². The smallest absolute Gasteiger partial charge is 0.279 e. The van der Waals surface area contributed by atoms with Gasteiger partial charge in [-0.1, -0.05) is 22.9 Å². The van der Waals surface area contributed by atoms with Crippen molar-refractivity contribution >= 4 is 56.6 Å². The van der Waals surface area contributed by atoms with Crippen LogP contribution in [0.3, 0.4) is 0 Å². The number of thiazole rings is 1. The lowest BCUT2D eigenvalue weighted by atomic mass is 10.2. The van der Waals surface area contributed by atoms with Crippen LogP contribution in [0.5, 0.6) is 0 Å². The van der Waals surface area contributed by atoms with Crippen LogP contribution in [0.2, 0.25) is 5.02 Å². The van der Waals surface area contributed by atoms with Crippen molar-refractivity contribution in [1.82, 2.24) is 4.57 Å². The van der Waals surface area contributed by atoms with Gasteiger partial charge in [0.1, 0.15) is 0 Å². The van der Waals surface area contributed by atoms with Gasteiger partial charge in [-0.3, -0.25) is 19.3 Å². The lowest BCUT2D eigenvalue weighted by Gasteiger charge is -2.13. The maximum Gasteiger partial charge on any atom is 0.279 e. The van der Waals surface area contributed by atoms with Crippen molar-refractivity contribution in [3.63, 3.8) is 0 Å². The topological polar surface area (TPSA) is 81.0 Å². The summed E-state index contributed by atoms with van der Waals surface area (Å²) in [5, 5.41) is 0.616. The molecule has 0 saturated carbocycles. The Labute approximate surface area is 187 Å². The van der Waals surface area contributed by atoms with Crippen molar-refractivity contribution in [2.75, 3.05) is 18.1 Å². The van der Waals surface area contributed by atoms with Crippen LogP contribution in [-0.4, -0.2) is 35.5 Å². The zero-order valence-electron chi connectivity index (χ0n) is 16.8. The molecule has 1 fully saturated rings. The highest BCUT2D eigenvalue weighted by molar-refractivity contribution is 7.16. The molecule has 1 aliphatic heterocycles. The van der Waals surface area contributed by atoms with Gasteiger partial charge in [-0.15, -0.1) is 0 Å². The fourth-order valence-corrected chi connectivity index (χ4v) is 4.75. The van der Waals surface area contributed by atoms with Gasteiger partial charge in [-0.2, -0.15) is 4.99 Å². The Morgan fingerprint density at radius 2 is 1.84 bits per heavy atom. The number of ether oxygens (including phenoxy) is 1. The minimum atomic E-state index is -0.409. The van der Waals surface area contributed by atoms with Crippen LogP contribution in [0.1, 0.15) is 30.1 Å². The summed E-state index contributed by atoms with van der Waals surface area (Å²) in [5.74, 6) is -0.866. The molecular weight excluding hydrogens is 438 g/mol. The molecule has 0 bridgehead atoms. The lowest BCUT2D eigenvalue weighted by Crippen LogP contribution is -2.28. The van der Waals surface area contributed by atoms with E-state index in [-0.39, 0.29) is 24.7 Å². The summed E-state index contributed by atoms with van der Waals surface area (Å²) >= 11 is 7.50. The molecule has 2 heterocycles. The Morgan fingerprint density at radius 1 is 1.13 bits per heavy atom. The van der Waals surface area contributed by atoms with E-state index in [4.69, 9.17) is 16.3 Å². The van der Waals surface area contributed by atoms with Crippen LogP contribution in [0, 0.1) is 0 Å². The third kappa shape index (κ3) is 4.46. The Balaban J connectivity index is 1.66. The summed E-state index contributed by atoms with van der Waals surface area (Å²) in [7, 11) is 0. The molecule has 3 amide bonds. The number of anilines is 1. The summed E-state index contributed by atoms with van der Waals surface area (Å²) in [6.45, 7) is 3.59. The summed E-state index contributed by atoms with van der Waals surface area (Å²) < 4.78 is 8.35. The van der Waals surface area contributed by atoms with Gasteiger partial charge in [0.25, 0.3) is 5.91 Å². The van der Waals surface area contributed by atoms with E-state index in [2.05, 4.69) is 4.99 Å². The highest BCUT2D eigenvalue weighted by Gasteiger charge is 2.30. The molecule has 31 heavy (non-hydrogen) atoms. The van der Waals surface area contributed by atoms with Crippen molar-refractivity contribution in [1.29, 1.82) is 0 Å². The number of aromatic nitrogens is 1. The molecule has 0 N–H and O–H groups in total. The fraction of sp³-hybridized carbons (Fsp3) is 0.273. The standard InChI is InChI=1S/C22H20ClN3O4S/c1-2-30-12-11-25-17-8-5-15(23)13-18(17)31-22(25)24-21(29)14-3-6-16(7-4-14)26-19(27)9-10-20(26)28/h3-8,13H,2,9-12H2,1H3. The minimum Gasteiger partial charge on any atom is -0.380 e. The van der Waals surface area contributed by atoms with Gasteiger partial charge in [0, 0.05) is 36.6 Å². The molecule has 160 valence electrons. The number of fused-ring (bicyclic) bond motifs is 1. The largest absolute Gasteiger partial charge is 0.380 e. The molecule has 0 unspecified atom stereocenters. The predicted molar refractivity (Wildman–Crippen MR) is 119 cm³/mol. The van der Waals surface area contributed by atoms with Crippen molar-refractivity contribution in [3.8, 4) is 0 Å². The number of hydrogen-bond donors (Lipinski definition) is 0. The van der Waals surface area contributed by atoms with Gasteiger partial charge < -0.3 is 9.30 Å². The number of halogens is 1. The van der Waals surface area contributed by atoms with Crippen LogP contribution >= 0.6 is 22.9 Å². The molecule has 9 heteroatoms. The van der Waals surface area contributed by atoms with Crippen molar-refractivity contribution < 1.29 is 19.1 Å². The first kappa shape index (κ1) is 21.4. The van der Waals surface area contributed by atoms with Gasteiger partial charge in [-0.05, 0) is 49.4 Å². The molecular formula is C22H20ClN3O4S. The number of benzene rings is 2. The van der Waals surface area contributed by atoms with Crippen molar-refractivity contribution in [2.45, 2.75) is 26.3 Å². The van der Waals surface area contributed by atoms with E-state index >= 15 is 0 Å². The average Bonchev–Trinajstić information content (AvgIpc) is 3.26. The zero-order valence-corrected chi connectivity index (χ0v) is 18.4. The highest BCUT2D eigenvalue weighted by Crippen LogP contribution is 2.24. The lowest BCUT2D eigenvalue weighted by molar-refractivity contribution is -0.121. The first-order chi connectivity index (χ1) is 15.0. The molecule has 4 rings (SSSR count). The molecule has 1 aliphatic rings. The second-order valence-electron chi connectivity index (χ2n) is 6.93. The van der Waals surface area contributed by atoms with E-state index in [0.29, 0.717) is 40.8 Å². The van der Waals surface area contributed by atoms with Crippen LogP contribution in [-0.2, 0) is 20.9 Å². The number of imide groups is 1. The summed E-state index contributed by atoms with van der Waals surface area (Å²) in [4.78, 5) is 42.7. The SMILES string of the molecule is CCOCCn1c(=NC(=O)c2ccc(N3C(=O)CCC3=O)cc2)sc2cc(Cl)ccc21. The Hall–Kier alpha value is -2.81. The Morgan fingerprint density at radius 3 is 2.52 bits per heavy atom. The van der Waals surface area contributed by atoms with E-state index in [0.717, 1.165) is 15.1 Å². The van der Waals surface area contributed by atoms with Gasteiger partial charge in [0.15, 0.2) is 4.80 Å². The predicted octanol–water partition coefficient (Wildman–Crippen LogP) is 3.79. The molecule has 0 spiro atoms. The quantitative estimate of drug-likeness (QED) is 0.416. The van der Waals surface area contributed by atoms with E-state index < -0.39 is 5.91 Å². The average molecular weight is 458 g/mol. The molecule has 2 aromatic carbocycles. The highest BCUT2D eigenvalue weighted by atomic mass is 35.5. The monoisotopic (exact) mass is 457 g/mol. The molecule has 7 nitrogen and oxygen atoms in total. The maximum atomic E-state index is 12.8. The van der Waals surface area contributed by atoms with Crippen molar-refractivity contribution in [3.05, 3.63) is 57.9 Å². The molecule has 1 aromatic heterocycles. The van der Waals surface area contributed by atoms with E-state index in [1.165, 1.54) is 11.3 Å². The normalized spacial score (nSPS) is 14.8. The van der Waals surface area contributed by atoms with E-state index in [9.17, 15) is 14.4 Å². The van der Waals surface area contributed by atoms with Crippen LogP contribution < -0.4 is 9.70 Å². The Bertz CT molecular complexity index is 1210. The number of nitrogens with zero attached hydrogens (tertiary/aromatic N) is 3. The second kappa shape index (κ2) is 9.13. The molecule has 0 radical (unpaired) electrons.